The van der Waals surface area contributed by atoms with Crippen LogP contribution in [0.1, 0.15) is 5.82 Å². The van der Waals surface area contributed by atoms with Crippen LogP contribution >= 0.6 is 0 Å². The number of hydrogen-bond acceptors (Lipinski definition) is 5. The maximum Gasteiger partial charge on any atom is 0.261 e. The van der Waals surface area contributed by atoms with Crippen LogP contribution in [0.25, 0.3) is 22.3 Å². The van der Waals surface area contributed by atoms with Gasteiger partial charge in [0, 0.05) is 46.1 Å². The number of hydrogen-bond donors (Lipinski definition) is 0. The second kappa shape index (κ2) is 7.77. The molecule has 0 saturated heterocycles. The number of methoxy groups -OCH3 is 1. The molecular formula is C20H22N6O2. The maximum absolute atomic E-state index is 12.9. The molecule has 4 rings (SSSR count). The number of aryl methyl sites for hydroxylation is 3. The second-order valence-corrected chi connectivity index (χ2v) is 6.61. The first-order valence-corrected chi connectivity index (χ1v) is 9.15. The molecule has 0 fully saturated rings. The number of benzene rings is 1. The molecule has 0 unspecified atom stereocenters. The lowest BCUT2D eigenvalue weighted by Gasteiger charge is -2.11. The fourth-order valence-electron chi connectivity index (χ4n) is 3.39. The predicted molar refractivity (Wildman–Crippen MR) is 106 cm³/mol. The largest absolute Gasteiger partial charge is 0.383 e. The highest BCUT2D eigenvalue weighted by Crippen LogP contribution is 2.20. The van der Waals surface area contributed by atoms with Crippen molar-refractivity contribution in [3.05, 3.63) is 65.2 Å². The Morgan fingerprint density at radius 1 is 1.14 bits per heavy atom. The van der Waals surface area contributed by atoms with Crippen LogP contribution in [0.4, 0.5) is 0 Å². The van der Waals surface area contributed by atoms with Crippen molar-refractivity contribution in [2.75, 3.05) is 13.7 Å². The van der Waals surface area contributed by atoms with Crippen LogP contribution in [0.3, 0.4) is 0 Å². The summed E-state index contributed by atoms with van der Waals surface area (Å²) in [6, 6.07) is 9.76. The van der Waals surface area contributed by atoms with Gasteiger partial charge in [-0.2, -0.15) is 0 Å². The highest BCUT2D eigenvalue weighted by molar-refractivity contribution is 5.83. The molecule has 0 aliphatic rings. The van der Waals surface area contributed by atoms with Gasteiger partial charge in [-0.3, -0.25) is 4.79 Å². The standard InChI is InChI=1S/C20H22N6O2/c1-24-17-6-4-3-5-15(17)13-16(20(24)27)19-21-8-10-25(19)9-7-18-23-22-14-26(18)11-12-28-2/h3-6,8,10,13-14H,7,9,11-12H2,1-2H3. The molecular weight excluding hydrogens is 356 g/mol. The molecule has 28 heavy (non-hydrogen) atoms. The van der Waals surface area contributed by atoms with Crippen LogP contribution < -0.4 is 5.56 Å². The van der Waals surface area contributed by atoms with E-state index in [4.69, 9.17) is 4.74 Å². The number of ether oxygens (including phenoxy) is 1. The van der Waals surface area contributed by atoms with E-state index in [2.05, 4.69) is 15.2 Å². The normalized spacial score (nSPS) is 11.4. The smallest absolute Gasteiger partial charge is 0.261 e. The number of pyridine rings is 1. The van der Waals surface area contributed by atoms with Gasteiger partial charge in [-0.25, -0.2) is 4.98 Å². The molecule has 0 spiro atoms. The lowest BCUT2D eigenvalue weighted by Crippen LogP contribution is -2.20. The van der Waals surface area contributed by atoms with Gasteiger partial charge in [0.05, 0.1) is 17.7 Å². The molecule has 0 aliphatic carbocycles. The van der Waals surface area contributed by atoms with Gasteiger partial charge in [0.25, 0.3) is 5.56 Å². The Labute approximate surface area is 162 Å². The molecule has 8 nitrogen and oxygen atoms in total. The molecule has 1 aromatic carbocycles. The number of aromatic nitrogens is 6. The Morgan fingerprint density at radius 2 is 2.00 bits per heavy atom. The number of rotatable bonds is 7. The van der Waals surface area contributed by atoms with E-state index in [1.807, 2.05) is 45.7 Å². The second-order valence-electron chi connectivity index (χ2n) is 6.61. The zero-order valence-corrected chi connectivity index (χ0v) is 15.9. The third-order valence-electron chi connectivity index (χ3n) is 4.90. The SMILES string of the molecule is COCCn1cnnc1CCn1ccnc1-c1cc2ccccc2n(C)c1=O. The Balaban J connectivity index is 1.64. The summed E-state index contributed by atoms with van der Waals surface area (Å²) in [5.74, 6) is 1.54. The molecule has 8 heteroatoms. The molecule has 0 atom stereocenters. The molecule has 0 bridgehead atoms. The first kappa shape index (κ1) is 18.1. The van der Waals surface area contributed by atoms with Crippen LogP contribution in [0, 0.1) is 0 Å². The third kappa shape index (κ3) is 3.34. The minimum absolute atomic E-state index is 0.0607. The minimum Gasteiger partial charge on any atom is -0.383 e. The summed E-state index contributed by atoms with van der Waals surface area (Å²) in [5, 5.41) is 9.20. The van der Waals surface area contributed by atoms with Gasteiger partial charge in [0.1, 0.15) is 18.0 Å². The van der Waals surface area contributed by atoms with Crippen LogP contribution in [0.5, 0.6) is 0 Å². The van der Waals surface area contributed by atoms with Crippen molar-refractivity contribution in [1.82, 2.24) is 28.9 Å². The summed E-state index contributed by atoms with van der Waals surface area (Å²) in [4.78, 5) is 17.4. The summed E-state index contributed by atoms with van der Waals surface area (Å²) < 4.78 is 10.8. The molecule has 144 valence electrons. The van der Waals surface area contributed by atoms with Gasteiger partial charge in [-0.1, -0.05) is 18.2 Å². The van der Waals surface area contributed by atoms with Crippen LogP contribution in [-0.2, 0) is 31.3 Å². The van der Waals surface area contributed by atoms with Crippen molar-refractivity contribution >= 4 is 10.9 Å². The highest BCUT2D eigenvalue weighted by Gasteiger charge is 2.14. The van der Waals surface area contributed by atoms with Gasteiger partial charge in [0.15, 0.2) is 0 Å². The molecule has 0 amide bonds. The third-order valence-corrected chi connectivity index (χ3v) is 4.90. The van der Waals surface area contributed by atoms with E-state index in [1.165, 1.54) is 0 Å². The van der Waals surface area contributed by atoms with E-state index in [9.17, 15) is 4.79 Å². The molecule has 4 aromatic rings. The lowest BCUT2D eigenvalue weighted by atomic mass is 10.1. The van der Waals surface area contributed by atoms with Crippen LogP contribution in [0.2, 0.25) is 0 Å². The summed E-state index contributed by atoms with van der Waals surface area (Å²) in [7, 11) is 3.46. The maximum atomic E-state index is 12.9. The van der Waals surface area contributed by atoms with Crippen molar-refractivity contribution in [2.45, 2.75) is 19.5 Å². The van der Waals surface area contributed by atoms with Gasteiger partial charge in [0.2, 0.25) is 0 Å². The number of nitrogens with zero attached hydrogens (tertiary/aromatic N) is 6. The predicted octanol–water partition coefficient (Wildman–Crippen LogP) is 1.88. The fourth-order valence-corrected chi connectivity index (χ4v) is 3.39. The molecule has 3 heterocycles. The van der Waals surface area contributed by atoms with E-state index in [0.717, 1.165) is 16.7 Å². The zero-order valence-electron chi connectivity index (χ0n) is 15.9. The topological polar surface area (TPSA) is 79.8 Å². The van der Waals surface area contributed by atoms with E-state index >= 15 is 0 Å². The Kier molecular flexibility index (Phi) is 5.03. The van der Waals surface area contributed by atoms with E-state index < -0.39 is 0 Å². The molecule has 0 N–H and O–H groups in total. The fraction of sp³-hybridized carbons (Fsp3) is 0.300. The van der Waals surface area contributed by atoms with Gasteiger partial charge < -0.3 is 18.4 Å². The molecule has 3 aromatic heterocycles. The van der Waals surface area contributed by atoms with Crippen molar-refractivity contribution in [3.8, 4) is 11.4 Å². The minimum atomic E-state index is -0.0607. The van der Waals surface area contributed by atoms with Crippen molar-refractivity contribution in [2.24, 2.45) is 7.05 Å². The number of para-hydroxylation sites is 1. The Morgan fingerprint density at radius 3 is 2.86 bits per heavy atom. The van der Waals surface area contributed by atoms with Gasteiger partial charge in [-0.15, -0.1) is 10.2 Å². The number of fused-ring (bicyclic) bond motifs is 1. The summed E-state index contributed by atoms with van der Waals surface area (Å²) in [6.07, 6.45) is 6.00. The first-order chi connectivity index (χ1) is 13.7. The molecule has 0 aliphatic heterocycles. The summed E-state index contributed by atoms with van der Waals surface area (Å²) in [6.45, 7) is 1.96. The average Bonchev–Trinajstić information content (AvgIpc) is 3.36. The average molecular weight is 378 g/mol. The summed E-state index contributed by atoms with van der Waals surface area (Å²) >= 11 is 0. The van der Waals surface area contributed by atoms with Gasteiger partial charge >= 0.3 is 0 Å². The lowest BCUT2D eigenvalue weighted by molar-refractivity contribution is 0.186. The van der Waals surface area contributed by atoms with Crippen molar-refractivity contribution in [1.29, 1.82) is 0 Å². The van der Waals surface area contributed by atoms with Crippen molar-refractivity contribution in [3.63, 3.8) is 0 Å². The monoisotopic (exact) mass is 378 g/mol. The Bertz CT molecular complexity index is 1160. The van der Waals surface area contributed by atoms with Crippen LogP contribution in [-0.4, -0.2) is 42.6 Å². The highest BCUT2D eigenvalue weighted by atomic mass is 16.5. The number of imidazole rings is 1. The molecule has 0 radical (unpaired) electrons. The Hall–Kier alpha value is -3.26. The quantitative estimate of drug-likeness (QED) is 0.491. The van der Waals surface area contributed by atoms with E-state index in [-0.39, 0.29) is 5.56 Å². The summed E-state index contributed by atoms with van der Waals surface area (Å²) in [5.41, 5.74) is 1.43. The van der Waals surface area contributed by atoms with Crippen molar-refractivity contribution < 1.29 is 4.74 Å². The van der Waals surface area contributed by atoms with Crippen LogP contribution in [0.15, 0.2) is 53.8 Å². The van der Waals surface area contributed by atoms with E-state index in [0.29, 0.717) is 37.5 Å². The molecule has 0 saturated carbocycles. The zero-order chi connectivity index (χ0) is 19.5. The first-order valence-electron chi connectivity index (χ1n) is 9.15. The van der Waals surface area contributed by atoms with Gasteiger partial charge in [-0.05, 0) is 17.5 Å². The van der Waals surface area contributed by atoms with E-state index in [1.54, 1.807) is 31.2 Å².